The van der Waals surface area contributed by atoms with Crippen molar-refractivity contribution in [3.8, 4) is 0 Å². The summed E-state index contributed by atoms with van der Waals surface area (Å²) >= 11 is 0. The largest absolute Gasteiger partial charge is 0.392 e. The monoisotopic (exact) mass is 213 g/mol. The van der Waals surface area contributed by atoms with Crippen LogP contribution in [0.3, 0.4) is 0 Å². The predicted octanol–water partition coefficient (Wildman–Crippen LogP) is 0.835. The van der Waals surface area contributed by atoms with Gasteiger partial charge in [0.2, 0.25) is 5.89 Å². The first kappa shape index (κ1) is 12.1. The summed E-state index contributed by atoms with van der Waals surface area (Å²) in [5, 5.41) is 13.1. The summed E-state index contributed by atoms with van der Waals surface area (Å²) in [5.41, 5.74) is 0. The van der Waals surface area contributed by atoms with E-state index in [-0.39, 0.29) is 6.10 Å². The third-order valence-corrected chi connectivity index (χ3v) is 1.96. The van der Waals surface area contributed by atoms with Crippen LogP contribution in [0.4, 0.5) is 0 Å². The molecule has 86 valence electrons. The third kappa shape index (κ3) is 4.40. The molecule has 0 radical (unpaired) electrons. The molecule has 1 N–H and O–H groups in total. The van der Waals surface area contributed by atoms with Crippen LogP contribution in [0.25, 0.3) is 0 Å². The Hall–Kier alpha value is -0.940. The quantitative estimate of drug-likeness (QED) is 0.758. The van der Waals surface area contributed by atoms with E-state index in [0.29, 0.717) is 24.8 Å². The van der Waals surface area contributed by atoms with E-state index in [1.54, 1.807) is 6.92 Å². The molecule has 1 aromatic rings. The van der Waals surface area contributed by atoms with Crippen molar-refractivity contribution in [2.24, 2.45) is 0 Å². The summed E-state index contributed by atoms with van der Waals surface area (Å²) in [6, 6.07) is 0. The van der Waals surface area contributed by atoms with Crippen LogP contribution < -0.4 is 0 Å². The summed E-state index contributed by atoms with van der Waals surface area (Å²) in [4.78, 5) is 6.21. The van der Waals surface area contributed by atoms with E-state index in [0.717, 1.165) is 12.8 Å². The molecule has 5 nitrogen and oxygen atoms in total. The van der Waals surface area contributed by atoms with Gasteiger partial charge in [0, 0.05) is 13.0 Å². The van der Waals surface area contributed by atoms with Crippen LogP contribution in [0.5, 0.6) is 0 Å². The number of aliphatic hydroxyl groups is 1. The number of hydrogen-bond acceptors (Lipinski definition) is 5. The Morgan fingerprint density at radius 3 is 2.87 bits per heavy atom. The molecule has 1 rings (SSSR count). The number of rotatable bonds is 6. The lowest BCUT2D eigenvalue weighted by atomic mass is 10.3. The van der Waals surface area contributed by atoms with Gasteiger partial charge in [0.25, 0.3) is 0 Å². The molecule has 0 bridgehead atoms. The fourth-order valence-electron chi connectivity index (χ4n) is 1.43. The van der Waals surface area contributed by atoms with Gasteiger partial charge in [-0.2, -0.15) is 4.98 Å². The first-order chi connectivity index (χ1) is 7.11. The zero-order valence-corrected chi connectivity index (χ0v) is 9.60. The fraction of sp³-hybridized carbons (Fsp3) is 0.800. The highest BCUT2D eigenvalue weighted by Gasteiger charge is 2.09. The van der Waals surface area contributed by atoms with E-state index in [9.17, 15) is 5.11 Å². The van der Waals surface area contributed by atoms with Gasteiger partial charge >= 0.3 is 0 Å². The number of hydrogen-bond donors (Lipinski definition) is 1. The smallest absolute Gasteiger partial charge is 0.226 e. The van der Waals surface area contributed by atoms with Crippen LogP contribution in [0.2, 0.25) is 0 Å². The Balaban J connectivity index is 2.42. The zero-order valence-electron chi connectivity index (χ0n) is 9.60. The fourth-order valence-corrected chi connectivity index (χ4v) is 1.43. The van der Waals surface area contributed by atoms with Crippen LogP contribution in [-0.4, -0.2) is 39.8 Å². The van der Waals surface area contributed by atoms with Crippen LogP contribution in [0.15, 0.2) is 4.52 Å². The summed E-state index contributed by atoms with van der Waals surface area (Å²) in [6.45, 7) is 5.05. The number of aliphatic hydroxyl groups excluding tert-OH is 1. The Bertz CT molecular complexity index is 286. The topological polar surface area (TPSA) is 62.4 Å². The molecular weight excluding hydrogens is 194 g/mol. The van der Waals surface area contributed by atoms with Gasteiger partial charge in [-0.25, -0.2) is 0 Å². The van der Waals surface area contributed by atoms with Crippen molar-refractivity contribution in [3.63, 3.8) is 0 Å². The second kappa shape index (κ2) is 5.82. The lowest BCUT2D eigenvalue weighted by Gasteiger charge is -2.15. The van der Waals surface area contributed by atoms with Crippen LogP contribution >= 0.6 is 0 Å². The van der Waals surface area contributed by atoms with Crippen LogP contribution in [0.1, 0.15) is 32.0 Å². The maximum atomic E-state index is 9.18. The summed E-state index contributed by atoms with van der Waals surface area (Å²) < 4.78 is 5.06. The Morgan fingerprint density at radius 1 is 1.53 bits per heavy atom. The van der Waals surface area contributed by atoms with E-state index in [1.807, 2.05) is 11.9 Å². The average Bonchev–Trinajstić information content (AvgIpc) is 2.51. The minimum Gasteiger partial charge on any atom is -0.392 e. The van der Waals surface area contributed by atoms with Gasteiger partial charge in [0.1, 0.15) is 0 Å². The molecular formula is C10H19N3O2. The lowest BCUT2D eigenvalue weighted by molar-refractivity contribution is 0.136. The molecule has 0 aromatic carbocycles. The number of nitrogens with zero attached hydrogens (tertiary/aromatic N) is 3. The third-order valence-electron chi connectivity index (χ3n) is 1.96. The van der Waals surface area contributed by atoms with Gasteiger partial charge in [0.15, 0.2) is 5.82 Å². The average molecular weight is 213 g/mol. The molecule has 1 unspecified atom stereocenters. The van der Waals surface area contributed by atoms with Crippen molar-refractivity contribution in [1.29, 1.82) is 0 Å². The van der Waals surface area contributed by atoms with Crippen molar-refractivity contribution in [3.05, 3.63) is 11.7 Å². The maximum absolute atomic E-state index is 9.18. The summed E-state index contributed by atoms with van der Waals surface area (Å²) in [7, 11) is 1.92. The van der Waals surface area contributed by atoms with Crippen LogP contribution in [-0.2, 0) is 13.0 Å². The Morgan fingerprint density at radius 2 is 2.27 bits per heavy atom. The van der Waals surface area contributed by atoms with E-state index in [2.05, 4.69) is 17.1 Å². The Kier molecular flexibility index (Phi) is 4.71. The molecule has 0 aliphatic carbocycles. The van der Waals surface area contributed by atoms with Gasteiger partial charge in [-0.1, -0.05) is 12.1 Å². The Labute approximate surface area is 90.1 Å². The van der Waals surface area contributed by atoms with E-state index >= 15 is 0 Å². The molecule has 15 heavy (non-hydrogen) atoms. The SMILES string of the molecule is CCCc1nc(CN(C)CC(C)O)no1. The van der Waals surface area contributed by atoms with E-state index < -0.39 is 0 Å². The highest BCUT2D eigenvalue weighted by atomic mass is 16.5. The molecule has 1 atom stereocenters. The molecule has 1 aromatic heterocycles. The number of likely N-dealkylation sites (N-methyl/N-ethyl adjacent to an activating group) is 1. The van der Waals surface area contributed by atoms with E-state index in [4.69, 9.17) is 4.52 Å². The second-order valence-corrected chi connectivity index (χ2v) is 3.90. The van der Waals surface area contributed by atoms with Gasteiger partial charge in [-0.15, -0.1) is 0 Å². The summed E-state index contributed by atoms with van der Waals surface area (Å²) in [5.74, 6) is 1.37. The maximum Gasteiger partial charge on any atom is 0.226 e. The molecule has 0 aliphatic rings. The van der Waals surface area contributed by atoms with Crippen molar-refractivity contribution in [2.45, 2.75) is 39.3 Å². The van der Waals surface area contributed by atoms with Crippen LogP contribution in [0, 0.1) is 0 Å². The molecule has 0 saturated heterocycles. The molecule has 0 amide bonds. The molecule has 5 heteroatoms. The van der Waals surface area contributed by atoms with Gasteiger partial charge in [0.05, 0.1) is 12.6 Å². The van der Waals surface area contributed by atoms with Gasteiger partial charge < -0.3 is 9.63 Å². The summed E-state index contributed by atoms with van der Waals surface area (Å²) in [6.07, 6.45) is 1.50. The van der Waals surface area contributed by atoms with Gasteiger partial charge in [-0.05, 0) is 20.4 Å². The standard InChI is InChI=1S/C10H19N3O2/c1-4-5-10-11-9(12-15-10)7-13(3)6-8(2)14/h8,14H,4-7H2,1-3H3. The first-order valence-corrected chi connectivity index (χ1v) is 5.30. The zero-order chi connectivity index (χ0) is 11.3. The van der Waals surface area contributed by atoms with Gasteiger partial charge in [-0.3, -0.25) is 4.90 Å². The lowest BCUT2D eigenvalue weighted by Crippen LogP contribution is -2.27. The molecule has 0 aliphatic heterocycles. The minimum absolute atomic E-state index is 0.336. The highest BCUT2D eigenvalue weighted by Crippen LogP contribution is 2.03. The van der Waals surface area contributed by atoms with Crippen molar-refractivity contribution in [1.82, 2.24) is 15.0 Å². The molecule has 1 heterocycles. The molecule has 0 spiro atoms. The minimum atomic E-state index is -0.336. The number of aryl methyl sites for hydroxylation is 1. The predicted molar refractivity (Wildman–Crippen MR) is 56.3 cm³/mol. The molecule has 0 fully saturated rings. The normalized spacial score (nSPS) is 13.4. The van der Waals surface area contributed by atoms with Crippen molar-refractivity contribution in [2.75, 3.05) is 13.6 Å². The first-order valence-electron chi connectivity index (χ1n) is 5.30. The van der Waals surface area contributed by atoms with E-state index in [1.165, 1.54) is 0 Å². The molecule has 0 saturated carbocycles. The second-order valence-electron chi connectivity index (χ2n) is 3.90. The van der Waals surface area contributed by atoms with Crippen molar-refractivity contribution >= 4 is 0 Å². The van der Waals surface area contributed by atoms with Crippen molar-refractivity contribution < 1.29 is 9.63 Å². The number of aromatic nitrogens is 2. The highest BCUT2D eigenvalue weighted by molar-refractivity contribution is 4.86.